The molecular weight excluding hydrogens is 327 g/mol. The second-order valence-electron chi connectivity index (χ2n) is 6.63. The molecule has 0 aromatic heterocycles. The molecule has 1 heterocycles. The fraction of sp³-hybridized carbons (Fsp3) is 0.529. The first-order valence-corrected chi connectivity index (χ1v) is 9.63. The highest BCUT2D eigenvalue weighted by Gasteiger charge is 2.72. The highest BCUT2D eigenvalue weighted by atomic mass is 31.2. The van der Waals surface area contributed by atoms with Crippen LogP contribution in [0, 0.1) is 0 Å². The molecule has 1 aliphatic heterocycles. The van der Waals surface area contributed by atoms with Crippen molar-refractivity contribution < 1.29 is 18.3 Å². The van der Waals surface area contributed by atoms with E-state index in [0.29, 0.717) is 0 Å². The van der Waals surface area contributed by atoms with E-state index in [1.807, 2.05) is 32.1 Å². The number of ether oxygens (including phenoxy) is 1. The first-order chi connectivity index (χ1) is 11.5. The summed E-state index contributed by atoms with van der Waals surface area (Å²) in [7, 11) is -0.675. The van der Waals surface area contributed by atoms with Gasteiger partial charge in [0, 0.05) is 20.1 Å². The van der Waals surface area contributed by atoms with E-state index in [2.05, 4.69) is 22.4 Å². The topological polar surface area (TPSA) is 69.5 Å². The molecule has 3 aliphatic rings. The maximum Gasteiger partial charge on any atom is 0.361 e. The van der Waals surface area contributed by atoms with Crippen LogP contribution < -0.4 is 0 Å². The molecule has 0 spiro atoms. The third-order valence-corrected chi connectivity index (χ3v) is 7.64. The molecule has 128 valence electrons. The normalized spacial score (nSPS) is 32.9. The lowest BCUT2D eigenvalue weighted by Crippen LogP contribution is -2.40. The molecule has 4 bridgehead atoms. The summed E-state index contributed by atoms with van der Waals surface area (Å²) in [5.41, 5.74) is 2.20. The van der Waals surface area contributed by atoms with Gasteiger partial charge in [0.15, 0.2) is 0 Å². The Kier molecular flexibility index (Phi) is 3.50. The molecular formula is C17H21N2O4P. The van der Waals surface area contributed by atoms with Gasteiger partial charge in [-0.2, -0.15) is 10.2 Å². The van der Waals surface area contributed by atoms with E-state index in [1.165, 1.54) is 14.2 Å². The summed E-state index contributed by atoms with van der Waals surface area (Å²) in [6.07, 6.45) is 2.05. The minimum absolute atomic E-state index is 0.0405. The predicted molar refractivity (Wildman–Crippen MR) is 89.2 cm³/mol. The lowest BCUT2D eigenvalue weighted by molar-refractivity contribution is 0.122. The molecule has 2 aliphatic carbocycles. The summed E-state index contributed by atoms with van der Waals surface area (Å²) in [4.78, 5) is 0. The maximum absolute atomic E-state index is 13.5. The molecule has 4 atom stereocenters. The summed E-state index contributed by atoms with van der Waals surface area (Å²) < 4.78 is 30.2. The van der Waals surface area contributed by atoms with E-state index < -0.39 is 12.9 Å². The molecule has 0 fully saturated rings. The highest BCUT2D eigenvalue weighted by molar-refractivity contribution is 7.55. The van der Waals surface area contributed by atoms with Gasteiger partial charge in [-0.1, -0.05) is 24.3 Å². The standard InChI is InChI=1S/C17H21N2O4P/c1-10(2)23-14-9-13-11-7-5-6-8-12(11)15-16(14)18-19-17(13,15)24(20,21-3)22-4/h5-10,13,15-16H,1-4H3. The molecule has 1 aromatic carbocycles. The van der Waals surface area contributed by atoms with Crippen LogP contribution in [0.4, 0.5) is 0 Å². The molecule has 24 heavy (non-hydrogen) atoms. The van der Waals surface area contributed by atoms with Crippen molar-refractivity contribution in [3.05, 3.63) is 47.2 Å². The van der Waals surface area contributed by atoms with Crippen LogP contribution in [0.3, 0.4) is 0 Å². The second-order valence-corrected chi connectivity index (χ2v) is 9.07. The quantitative estimate of drug-likeness (QED) is 0.748. The number of fused-ring (bicyclic) bond motifs is 2. The Labute approximate surface area is 141 Å². The lowest BCUT2D eigenvalue weighted by atomic mass is 9.83. The molecule has 0 saturated heterocycles. The molecule has 6 nitrogen and oxygen atoms in total. The molecule has 0 amide bonds. The first-order valence-electron chi connectivity index (χ1n) is 8.09. The van der Waals surface area contributed by atoms with Crippen LogP contribution in [0.25, 0.3) is 0 Å². The van der Waals surface area contributed by atoms with Crippen LogP contribution >= 0.6 is 7.60 Å². The molecule has 0 N–H and O–H groups in total. The van der Waals surface area contributed by atoms with Crippen LogP contribution in [0.15, 0.2) is 46.3 Å². The van der Waals surface area contributed by atoms with Crippen LogP contribution in [-0.4, -0.2) is 31.6 Å². The zero-order valence-electron chi connectivity index (χ0n) is 14.2. The van der Waals surface area contributed by atoms with Gasteiger partial charge in [0.2, 0.25) is 5.28 Å². The second kappa shape index (κ2) is 5.25. The van der Waals surface area contributed by atoms with Gasteiger partial charge in [0.25, 0.3) is 0 Å². The average Bonchev–Trinajstić information content (AvgIpc) is 3.00. The van der Waals surface area contributed by atoms with Crippen molar-refractivity contribution in [2.45, 2.75) is 43.1 Å². The van der Waals surface area contributed by atoms with Gasteiger partial charge in [0.05, 0.1) is 12.0 Å². The Balaban J connectivity index is 1.95. The number of hydrogen-bond acceptors (Lipinski definition) is 6. The van der Waals surface area contributed by atoms with Gasteiger partial charge in [-0.05, 0) is 31.1 Å². The average molecular weight is 348 g/mol. The zero-order chi connectivity index (χ0) is 17.1. The van der Waals surface area contributed by atoms with Gasteiger partial charge < -0.3 is 13.8 Å². The van der Waals surface area contributed by atoms with Crippen LogP contribution in [-0.2, 0) is 18.3 Å². The van der Waals surface area contributed by atoms with Crippen molar-refractivity contribution in [3.63, 3.8) is 0 Å². The van der Waals surface area contributed by atoms with Gasteiger partial charge >= 0.3 is 7.60 Å². The van der Waals surface area contributed by atoms with Crippen LogP contribution in [0.5, 0.6) is 0 Å². The first kappa shape index (κ1) is 16.0. The fourth-order valence-corrected chi connectivity index (χ4v) is 6.39. The highest BCUT2D eigenvalue weighted by Crippen LogP contribution is 2.77. The van der Waals surface area contributed by atoms with Crippen molar-refractivity contribution in [1.29, 1.82) is 0 Å². The van der Waals surface area contributed by atoms with E-state index in [9.17, 15) is 4.57 Å². The Morgan fingerprint density at radius 2 is 1.83 bits per heavy atom. The summed E-state index contributed by atoms with van der Waals surface area (Å²) >= 11 is 0. The van der Waals surface area contributed by atoms with Crippen molar-refractivity contribution in [2.75, 3.05) is 14.2 Å². The molecule has 0 saturated carbocycles. The fourth-order valence-electron chi connectivity index (χ4n) is 4.32. The Bertz CT molecular complexity index is 783. The number of azo groups is 1. The molecule has 7 heteroatoms. The van der Waals surface area contributed by atoms with E-state index in [1.54, 1.807) is 0 Å². The monoisotopic (exact) mass is 348 g/mol. The van der Waals surface area contributed by atoms with Crippen LogP contribution in [0.1, 0.15) is 36.8 Å². The van der Waals surface area contributed by atoms with Crippen molar-refractivity contribution >= 4 is 7.60 Å². The SMILES string of the molecule is COP(=O)(OC)C12N=NC3C(OC(C)C)=CC1c1ccccc1C32. The van der Waals surface area contributed by atoms with Crippen molar-refractivity contribution in [1.82, 2.24) is 0 Å². The van der Waals surface area contributed by atoms with E-state index >= 15 is 0 Å². The Morgan fingerprint density at radius 1 is 1.17 bits per heavy atom. The van der Waals surface area contributed by atoms with E-state index in [4.69, 9.17) is 13.8 Å². The minimum atomic E-state index is -3.50. The smallest absolute Gasteiger partial charge is 0.361 e. The predicted octanol–water partition coefficient (Wildman–Crippen LogP) is 4.21. The molecule has 4 rings (SSSR count). The van der Waals surface area contributed by atoms with Crippen LogP contribution in [0.2, 0.25) is 0 Å². The summed E-state index contributed by atoms with van der Waals surface area (Å²) in [6.45, 7) is 3.97. The molecule has 4 unspecified atom stereocenters. The third kappa shape index (κ3) is 1.76. The van der Waals surface area contributed by atoms with Crippen molar-refractivity contribution in [3.8, 4) is 0 Å². The van der Waals surface area contributed by atoms with Gasteiger partial charge in [-0.3, -0.25) is 4.57 Å². The zero-order valence-corrected chi connectivity index (χ0v) is 15.1. The molecule has 1 aromatic rings. The van der Waals surface area contributed by atoms with Gasteiger partial charge in [0.1, 0.15) is 11.8 Å². The maximum atomic E-state index is 13.5. The summed E-state index contributed by atoms with van der Waals surface area (Å²) in [6, 6.07) is 7.79. The summed E-state index contributed by atoms with van der Waals surface area (Å²) in [5.74, 6) is 0.371. The van der Waals surface area contributed by atoms with Gasteiger partial charge in [-0.15, -0.1) is 0 Å². The number of hydrogen-bond donors (Lipinski definition) is 0. The third-order valence-electron chi connectivity index (χ3n) is 5.15. The Morgan fingerprint density at radius 3 is 2.46 bits per heavy atom. The van der Waals surface area contributed by atoms with Crippen molar-refractivity contribution in [2.24, 2.45) is 10.2 Å². The Hall–Kier alpha value is -1.49. The van der Waals surface area contributed by atoms with E-state index in [-0.39, 0.29) is 24.0 Å². The minimum Gasteiger partial charge on any atom is -0.493 e. The number of rotatable bonds is 5. The van der Waals surface area contributed by atoms with E-state index in [0.717, 1.165) is 16.9 Å². The van der Waals surface area contributed by atoms with Gasteiger partial charge in [-0.25, -0.2) is 0 Å². The number of nitrogens with zero attached hydrogens (tertiary/aromatic N) is 2. The largest absolute Gasteiger partial charge is 0.493 e. The molecule has 0 radical (unpaired) electrons. The summed E-state index contributed by atoms with van der Waals surface area (Å²) in [5, 5.41) is 7.93. The number of benzene rings is 1. The lowest BCUT2D eigenvalue weighted by Gasteiger charge is -2.39.